The van der Waals surface area contributed by atoms with Gasteiger partial charge in [0.2, 0.25) is 0 Å². The standard InChI is InChI=1S/C12H16F2O/c1-12(2,3)7-8-5-6-9(13)11(15-4)10(8)14/h5-6H,7H2,1-4H3. The van der Waals surface area contributed by atoms with Crippen LogP contribution in [0.2, 0.25) is 0 Å². The molecule has 0 unspecified atom stereocenters. The third-order valence-corrected chi connectivity index (χ3v) is 2.05. The lowest BCUT2D eigenvalue weighted by Crippen LogP contribution is -2.11. The number of ether oxygens (including phenoxy) is 1. The van der Waals surface area contributed by atoms with Gasteiger partial charge >= 0.3 is 0 Å². The van der Waals surface area contributed by atoms with E-state index in [1.807, 2.05) is 20.8 Å². The van der Waals surface area contributed by atoms with E-state index in [4.69, 9.17) is 0 Å². The fourth-order valence-electron chi connectivity index (χ4n) is 1.47. The summed E-state index contributed by atoms with van der Waals surface area (Å²) in [7, 11) is 1.27. The van der Waals surface area contributed by atoms with Crippen LogP contribution in [0.1, 0.15) is 26.3 Å². The van der Waals surface area contributed by atoms with Crippen LogP contribution >= 0.6 is 0 Å². The summed E-state index contributed by atoms with van der Waals surface area (Å²) < 4.78 is 31.5. The minimum Gasteiger partial charge on any atom is -0.491 e. The highest BCUT2D eigenvalue weighted by Crippen LogP contribution is 2.29. The van der Waals surface area contributed by atoms with Gasteiger partial charge in [-0.15, -0.1) is 0 Å². The summed E-state index contributed by atoms with van der Waals surface area (Å²) in [4.78, 5) is 0. The first-order valence-corrected chi connectivity index (χ1v) is 4.86. The number of benzene rings is 1. The van der Waals surface area contributed by atoms with E-state index in [2.05, 4.69) is 4.74 Å². The molecule has 0 radical (unpaired) electrons. The number of hydrogen-bond donors (Lipinski definition) is 0. The molecule has 15 heavy (non-hydrogen) atoms. The maximum Gasteiger partial charge on any atom is 0.190 e. The SMILES string of the molecule is COc1c(F)ccc(CC(C)(C)C)c1F. The van der Waals surface area contributed by atoms with Crippen LogP contribution < -0.4 is 4.74 Å². The van der Waals surface area contributed by atoms with E-state index in [0.29, 0.717) is 12.0 Å². The molecule has 0 N–H and O–H groups in total. The van der Waals surface area contributed by atoms with Gasteiger partial charge in [-0.3, -0.25) is 0 Å². The lowest BCUT2D eigenvalue weighted by atomic mass is 9.88. The van der Waals surface area contributed by atoms with Crippen molar-refractivity contribution < 1.29 is 13.5 Å². The molecule has 0 aliphatic heterocycles. The van der Waals surface area contributed by atoms with Crippen molar-refractivity contribution in [2.75, 3.05) is 7.11 Å². The Morgan fingerprint density at radius 1 is 1.20 bits per heavy atom. The van der Waals surface area contributed by atoms with Gasteiger partial charge in [-0.05, 0) is 23.5 Å². The summed E-state index contributed by atoms with van der Waals surface area (Å²) in [5.41, 5.74) is 0.449. The Kier molecular flexibility index (Phi) is 3.32. The van der Waals surface area contributed by atoms with Crippen molar-refractivity contribution in [3.05, 3.63) is 29.3 Å². The zero-order valence-corrected chi connectivity index (χ0v) is 9.53. The van der Waals surface area contributed by atoms with Crippen LogP contribution in [-0.4, -0.2) is 7.11 Å². The summed E-state index contributed by atoms with van der Waals surface area (Å²) >= 11 is 0. The molecule has 1 rings (SSSR count). The fourth-order valence-corrected chi connectivity index (χ4v) is 1.47. The predicted molar refractivity (Wildman–Crippen MR) is 56.1 cm³/mol. The van der Waals surface area contributed by atoms with E-state index >= 15 is 0 Å². The van der Waals surface area contributed by atoms with Gasteiger partial charge in [0.15, 0.2) is 17.4 Å². The molecule has 0 bridgehead atoms. The van der Waals surface area contributed by atoms with E-state index in [0.717, 1.165) is 0 Å². The second-order valence-corrected chi connectivity index (χ2v) is 4.79. The Bertz CT molecular complexity index is 353. The topological polar surface area (TPSA) is 9.23 Å². The monoisotopic (exact) mass is 214 g/mol. The molecular weight excluding hydrogens is 198 g/mol. The number of halogens is 2. The smallest absolute Gasteiger partial charge is 0.190 e. The summed E-state index contributed by atoms with van der Waals surface area (Å²) in [6.07, 6.45) is 0.551. The first-order chi connectivity index (χ1) is 6.85. The molecule has 0 spiro atoms. The van der Waals surface area contributed by atoms with Crippen molar-refractivity contribution in [2.45, 2.75) is 27.2 Å². The predicted octanol–water partition coefficient (Wildman–Crippen LogP) is 3.56. The molecule has 0 aliphatic carbocycles. The van der Waals surface area contributed by atoms with E-state index in [1.165, 1.54) is 19.2 Å². The summed E-state index contributed by atoms with van der Waals surface area (Å²) in [6.45, 7) is 6.01. The summed E-state index contributed by atoms with van der Waals surface area (Å²) in [5, 5.41) is 0. The van der Waals surface area contributed by atoms with Gasteiger partial charge in [-0.2, -0.15) is 0 Å². The van der Waals surface area contributed by atoms with Crippen LogP contribution in [0.4, 0.5) is 8.78 Å². The quantitative estimate of drug-likeness (QED) is 0.731. The highest BCUT2D eigenvalue weighted by atomic mass is 19.1. The zero-order chi connectivity index (χ0) is 11.6. The molecule has 0 aromatic heterocycles. The lowest BCUT2D eigenvalue weighted by molar-refractivity contribution is 0.349. The van der Waals surface area contributed by atoms with Crippen molar-refractivity contribution in [3.63, 3.8) is 0 Å². The van der Waals surface area contributed by atoms with E-state index in [1.54, 1.807) is 0 Å². The minimum absolute atomic E-state index is 0.0380. The maximum absolute atomic E-state index is 13.7. The highest BCUT2D eigenvalue weighted by Gasteiger charge is 2.19. The number of methoxy groups -OCH3 is 1. The molecule has 1 aromatic carbocycles. The van der Waals surface area contributed by atoms with E-state index in [-0.39, 0.29) is 11.2 Å². The van der Waals surface area contributed by atoms with Gasteiger partial charge < -0.3 is 4.74 Å². The highest BCUT2D eigenvalue weighted by molar-refractivity contribution is 5.33. The largest absolute Gasteiger partial charge is 0.491 e. The molecule has 3 heteroatoms. The Labute approximate surface area is 89.1 Å². The average molecular weight is 214 g/mol. The van der Waals surface area contributed by atoms with Gasteiger partial charge in [0.25, 0.3) is 0 Å². The van der Waals surface area contributed by atoms with Crippen LogP contribution in [-0.2, 0) is 6.42 Å². The van der Waals surface area contributed by atoms with Gasteiger partial charge in [0.1, 0.15) is 0 Å². The molecule has 1 aromatic rings. The molecular formula is C12H16F2O. The Balaban J connectivity index is 3.11. The van der Waals surface area contributed by atoms with Crippen LogP contribution in [0.25, 0.3) is 0 Å². The molecule has 0 heterocycles. The first-order valence-electron chi connectivity index (χ1n) is 4.86. The number of rotatable bonds is 2. The molecule has 0 atom stereocenters. The van der Waals surface area contributed by atoms with Crippen LogP contribution in [0, 0.1) is 17.0 Å². The van der Waals surface area contributed by atoms with E-state index in [9.17, 15) is 8.78 Å². The Morgan fingerprint density at radius 2 is 1.80 bits per heavy atom. The molecule has 0 saturated heterocycles. The third kappa shape index (κ3) is 2.91. The van der Waals surface area contributed by atoms with Crippen molar-refractivity contribution in [1.29, 1.82) is 0 Å². The third-order valence-electron chi connectivity index (χ3n) is 2.05. The minimum atomic E-state index is -0.660. The number of hydrogen-bond acceptors (Lipinski definition) is 1. The van der Waals surface area contributed by atoms with Crippen molar-refractivity contribution >= 4 is 0 Å². The van der Waals surface area contributed by atoms with Crippen LogP contribution in [0.3, 0.4) is 0 Å². The first kappa shape index (κ1) is 12.0. The lowest BCUT2D eigenvalue weighted by Gasteiger charge is -2.19. The van der Waals surface area contributed by atoms with Gasteiger partial charge in [-0.25, -0.2) is 8.78 Å². The molecule has 1 nitrogen and oxygen atoms in total. The van der Waals surface area contributed by atoms with Gasteiger partial charge in [0.05, 0.1) is 7.11 Å². The molecule has 84 valence electrons. The Hall–Kier alpha value is -1.12. The normalized spacial score (nSPS) is 11.6. The van der Waals surface area contributed by atoms with Crippen LogP contribution in [0.15, 0.2) is 12.1 Å². The molecule has 0 fully saturated rings. The molecule has 0 amide bonds. The second kappa shape index (κ2) is 4.17. The van der Waals surface area contributed by atoms with E-state index < -0.39 is 11.6 Å². The van der Waals surface area contributed by atoms with Crippen molar-refractivity contribution in [2.24, 2.45) is 5.41 Å². The summed E-state index contributed by atoms with van der Waals surface area (Å²) in [5.74, 6) is -1.54. The van der Waals surface area contributed by atoms with Gasteiger partial charge in [0, 0.05) is 0 Å². The zero-order valence-electron chi connectivity index (χ0n) is 9.53. The molecule has 0 saturated carbocycles. The van der Waals surface area contributed by atoms with Gasteiger partial charge in [-0.1, -0.05) is 26.8 Å². The van der Waals surface area contributed by atoms with Crippen LogP contribution in [0.5, 0.6) is 5.75 Å². The van der Waals surface area contributed by atoms with Crippen molar-refractivity contribution in [3.8, 4) is 5.75 Å². The summed E-state index contributed by atoms with van der Waals surface area (Å²) in [6, 6.07) is 2.71. The average Bonchev–Trinajstić information content (AvgIpc) is 2.09. The fraction of sp³-hybridized carbons (Fsp3) is 0.500. The molecule has 0 aliphatic rings. The Morgan fingerprint density at radius 3 is 2.27 bits per heavy atom. The van der Waals surface area contributed by atoms with Crippen molar-refractivity contribution in [1.82, 2.24) is 0 Å². The maximum atomic E-state index is 13.7. The second-order valence-electron chi connectivity index (χ2n) is 4.79.